The Labute approximate surface area is 176 Å². The summed E-state index contributed by atoms with van der Waals surface area (Å²) >= 11 is 0. The fourth-order valence-electron chi connectivity index (χ4n) is 2.97. The van der Waals surface area contributed by atoms with Crippen LogP contribution in [0.1, 0.15) is 22.3 Å². The average Bonchev–Trinajstić information content (AvgIpc) is 2.73. The molecule has 0 heterocycles. The van der Waals surface area contributed by atoms with Gasteiger partial charge in [-0.2, -0.15) is 13.2 Å². The Kier molecular flexibility index (Phi) is 6.64. The first-order valence-electron chi connectivity index (χ1n) is 9.39. The molecule has 0 spiro atoms. The van der Waals surface area contributed by atoms with Crippen LogP contribution in [0.3, 0.4) is 0 Å². The zero-order chi connectivity index (χ0) is 22.4. The van der Waals surface area contributed by atoms with Crippen LogP contribution in [-0.4, -0.2) is 18.5 Å². The zero-order valence-corrected chi connectivity index (χ0v) is 16.3. The van der Waals surface area contributed by atoms with Crippen LogP contribution in [0.5, 0.6) is 5.75 Å². The maximum Gasteiger partial charge on any atom is 0.416 e. The summed E-state index contributed by atoms with van der Waals surface area (Å²) in [6.07, 6.45) is 1.56. The second-order valence-electron chi connectivity index (χ2n) is 6.84. The summed E-state index contributed by atoms with van der Waals surface area (Å²) in [5, 5.41) is 5.04. The lowest BCUT2D eigenvalue weighted by Gasteiger charge is -2.22. The number of nitrogens with two attached hydrogens (primary N) is 1. The Morgan fingerprint density at radius 3 is 2.65 bits per heavy atom. The highest BCUT2D eigenvalue weighted by molar-refractivity contribution is 5.93. The molecule has 0 aromatic heterocycles. The Morgan fingerprint density at radius 1 is 1.13 bits per heavy atom. The van der Waals surface area contributed by atoms with Gasteiger partial charge in [0.05, 0.1) is 5.56 Å². The van der Waals surface area contributed by atoms with E-state index in [1.54, 1.807) is 24.3 Å². The number of carbonyl (C=O) groups excluding carboxylic acids is 2. The van der Waals surface area contributed by atoms with Crippen molar-refractivity contribution in [2.24, 2.45) is 11.7 Å². The van der Waals surface area contributed by atoms with Crippen LogP contribution in [0.4, 0.5) is 23.7 Å². The van der Waals surface area contributed by atoms with Crippen molar-refractivity contribution in [2.45, 2.75) is 12.6 Å². The van der Waals surface area contributed by atoms with Crippen molar-refractivity contribution in [3.8, 4) is 5.75 Å². The first-order chi connectivity index (χ1) is 14.7. The average molecular weight is 431 g/mol. The Morgan fingerprint density at radius 2 is 1.90 bits per heavy atom. The van der Waals surface area contributed by atoms with Gasteiger partial charge in [0.1, 0.15) is 11.5 Å². The molecule has 4 N–H and O–H groups in total. The molecule has 0 saturated carbocycles. The smallest absolute Gasteiger partial charge is 0.416 e. The van der Waals surface area contributed by atoms with E-state index >= 15 is 0 Å². The normalized spacial score (nSPS) is 15.7. The fraction of sp³-hybridized carbons (Fsp3) is 0.182. The zero-order valence-electron chi connectivity index (χ0n) is 16.3. The van der Waals surface area contributed by atoms with Gasteiger partial charge in [0, 0.05) is 23.7 Å². The molecule has 3 amide bonds. The van der Waals surface area contributed by atoms with Gasteiger partial charge in [-0.3, -0.25) is 4.79 Å². The van der Waals surface area contributed by atoms with E-state index in [0.29, 0.717) is 23.5 Å². The summed E-state index contributed by atoms with van der Waals surface area (Å²) in [6, 6.07) is 10.2. The number of hydrogen-bond acceptors (Lipinski definition) is 3. The first-order valence-corrected chi connectivity index (χ1v) is 9.39. The number of allylic oxidation sites excluding steroid dienone is 3. The number of hydrogen-bond donors (Lipinski definition) is 3. The summed E-state index contributed by atoms with van der Waals surface area (Å²) in [5.74, 6) is 0.224. The van der Waals surface area contributed by atoms with Crippen molar-refractivity contribution in [1.29, 1.82) is 0 Å². The number of benzene rings is 2. The molecule has 3 rings (SSSR count). The molecule has 2 aromatic rings. The second kappa shape index (κ2) is 9.38. The van der Waals surface area contributed by atoms with Crippen LogP contribution >= 0.6 is 0 Å². The third-order valence-electron chi connectivity index (χ3n) is 4.53. The number of carbonyl (C=O) groups is 2. The minimum Gasteiger partial charge on any atom is -0.461 e. The van der Waals surface area contributed by atoms with Gasteiger partial charge in [0.25, 0.3) is 0 Å². The number of ether oxygens (including phenoxy) is 1. The molecule has 6 nitrogen and oxygen atoms in total. The number of primary amides is 1. The Bertz CT molecular complexity index is 1030. The standard InChI is InChI=1S/C22H20F3N3O3/c23-22(24,25)16-7-4-8-17(12-16)28-21(30)27-13-15-5-1-2-10-19(15)31-18-9-3-6-14(11-18)20(26)29/h1-4,6-12,15H,5,13H2,(H2,26,29)(H2,27,28,30). The molecule has 0 bridgehead atoms. The molecule has 0 aliphatic heterocycles. The SMILES string of the molecule is NC(=O)c1cccc(OC2=CC=CCC2CNC(=O)Nc2cccc(C(F)(F)F)c2)c1. The molecule has 0 fully saturated rings. The lowest BCUT2D eigenvalue weighted by Crippen LogP contribution is -2.34. The summed E-state index contributed by atoms with van der Waals surface area (Å²) < 4.78 is 44.3. The quantitative estimate of drug-likeness (QED) is 0.630. The number of halogens is 3. The van der Waals surface area contributed by atoms with Crippen LogP contribution in [-0.2, 0) is 6.18 Å². The molecule has 162 valence electrons. The van der Waals surface area contributed by atoms with E-state index in [0.717, 1.165) is 12.1 Å². The number of alkyl halides is 3. The number of urea groups is 1. The number of rotatable bonds is 6. The van der Waals surface area contributed by atoms with Crippen LogP contribution in [0.2, 0.25) is 0 Å². The minimum atomic E-state index is -4.49. The molecular formula is C22H20F3N3O3. The van der Waals surface area contributed by atoms with Crippen LogP contribution in [0.15, 0.2) is 72.5 Å². The highest BCUT2D eigenvalue weighted by Gasteiger charge is 2.30. The highest BCUT2D eigenvalue weighted by Crippen LogP contribution is 2.30. The Balaban J connectivity index is 1.60. The highest BCUT2D eigenvalue weighted by atomic mass is 19.4. The van der Waals surface area contributed by atoms with E-state index in [2.05, 4.69) is 10.6 Å². The van der Waals surface area contributed by atoms with E-state index in [1.807, 2.05) is 12.2 Å². The molecule has 1 atom stereocenters. The molecule has 1 unspecified atom stereocenters. The molecule has 9 heteroatoms. The van der Waals surface area contributed by atoms with Crippen molar-refractivity contribution in [3.63, 3.8) is 0 Å². The molecule has 0 radical (unpaired) electrons. The Hall–Kier alpha value is -3.75. The van der Waals surface area contributed by atoms with Gasteiger partial charge in [-0.1, -0.05) is 24.3 Å². The molecular weight excluding hydrogens is 411 g/mol. The van der Waals surface area contributed by atoms with E-state index in [9.17, 15) is 22.8 Å². The summed E-state index contributed by atoms with van der Waals surface area (Å²) in [6.45, 7) is 0.191. The summed E-state index contributed by atoms with van der Waals surface area (Å²) in [5.41, 5.74) is 4.77. The van der Waals surface area contributed by atoms with E-state index in [4.69, 9.17) is 10.5 Å². The van der Waals surface area contributed by atoms with Gasteiger partial charge < -0.3 is 21.1 Å². The lowest BCUT2D eigenvalue weighted by atomic mass is 9.98. The van der Waals surface area contributed by atoms with Crippen molar-refractivity contribution in [1.82, 2.24) is 5.32 Å². The molecule has 31 heavy (non-hydrogen) atoms. The van der Waals surface area contributed by atoms with Crippen LogP contribution in [0, 0.1) is 5.92 Å². The van der Waals surface area contributed by atoms with Crippen molar-refractivity contribution >= 4 is 17.6 Å². The third kappa shape index (κ3) is 6.11. The van der Waals surface area contributed by atoms with Crippen LogP contribution in [0.25, 0.3) is 0 Å². The minimum absolute atomic E-state index is 0.0335. The maximum absolute atomic E-state index is 12.8. The number of anilines is 1. The van der Waals surface area contributed by atoms with Crippen molar-refractivity contribution in [2.75, 3.05) is 11.9 Å². The third-order valence-corrected chi connectivity index (χ3v) is 4.53. The summed E-state index contributed by atoms with van der Waals surface area (Å²) in [4.78, 5) is 23.5. The van der Waals surface area contributed by atoms with Gasteiger partial charge >= 0.3 is 12.2 Å². The van der Waals surface area contributed by atoms with E-state index in [-0.39, 0.29) is 18.2 Å². The number of nitrogens with one attached hydrogen (secondary N) is 2. The van der Waals surface area contributed by atoms with Crippen molar-refractivity contribution in [3.05, 3.63) is 83.6 Å². The first kappa shape index (κ1) is 21.9. The van der Waals surface area contributed by atoms with Gasteiger partial charge in [-0.05, 0) is 48.9 Å². The van der Waals surface area contributed by atoms with Crippen molar-refractivity contribution < 1.29 is 27.5 Å². The van der Waals surface area contributed by atoms with Gasteiger partial charge in [0.2, 0.25) is 5.91 Å². The predicted molar refractivity (Wildman–Crippen MR) is 109 cm³/mol. The largest absolute Gasteiger partial charge is 0.461 e. The second-order valence-corrected chi connectivity index (χ2v) is 6.84. The predicted octanol–water partition coefficient (Wildman–Crippen LogP) is 4.46. The van der Waals surface area contributed by atoms with Gasteiger partial charge in [-0.15, -0.1) is 0 Å². The van der Waals surface area contributed by atoms with E-state index < -0.39 is 23.7 Å². The maximum atomic E-state index is 12.8. The van der Waals surface area contributed by atoms with Gasteiger partial charge in [0.15, 0.2) is 0 Å². The van der Waals surface area contributed by atoms with Crippen LogP contribution < -0.4 is 21.1 Å². The van der Waals surface area contributed by atoms with Gasteiger partial charge in [-0.25, -0.2) is 4.79 Å². The summed E-state index contributed by atoms with van der Waals surface area (Å²) in [7, 11) is 0. The molecule has 2 aromatic carbocycles. The lowest BCUT2D eigenvalue weighted by molar-refractivity contribution is -0.137. The number of amides is 3. The molecule has 1 aliphatic carbocycles. The topological polar surface area (TPSA) is 93.5 Å². The van der Waals surface area contributed by atoms with E-state index in [1.165, 1.54) is 18.2 Å². The monoisotopic (exact) mass is 431 g/mol. The molecule has 1 aliphatic rings. The molecule has 0 saturated heterocycles. The fourth-order valence-corrected chi connectivity index (χ4v) is 2.97.